The molecule has 1 amide bonds. The highest BCUT2D eigenvalue weighted by Gasteiger charge is 2.50. The molecule has 3 aliphatic rings. The number of rotatable bonds is 8. The van der Waals surface area contributed by atoms with Gasteiger partial charge in [-0.25, -0.2) is 0 Å². The van der Waals surface area contributed by atoms with Gasteiger partial charge in [0.2, 0.25) is 5.91 Å². The Labute approximate surface area is 220 Å². The maximum atomic E-state index is 13.4. The fourth-order valence-corrected chi connectivity index (χ4v) is 6.35. The van der Waals surface area contributed by atoms with Gasteiger partial charge in [0, 0.05) is 17.5 Å². The van der Waals surface area contributed by atoms with Crippen molar-refractivity contribution in [1.82, 2.24) is 10.2 Å². The SMILES string of the molecule is CC(C)(C)NC(=O)C(CCCCB1OC(C)(C)C(C)(C)O1)C1CCN(C2CCc3ccccc32)CC1. The number of nitrogens with zero attached hydrogens (tertiary/aromatic N) is 1. The van der Waals surface area contributed by atoms with Crippen molar-refractivity contribution in [3.05, 3.63) is 35.4 Å². The minimum atomic E-state index is -0.277. The second kappa shape index (κ2) is 10.8. The van der Waals surface area contributed by atoms with Crippen molar-refractivity contribution in [1.29, 1.82) is 0 Å². The molecule has 0 spiro atoms. The van der Waals surface area contributed by atoms with Crippen LogP contribution in [0.5, 0.6) is 0 Å². The van der Waals surface area contributed by atoms with Gasteiger partial charge < -0.3 is 14.6 Å². The zero-order valence-electron chi connectivity index (χ0n) is 23.9. The molecular weight excluding hydrogens is 447 g/mol. The molecule has 6 heteroatoms. The standard InChI is InChI=1S/C30H49BN2O3/c1-28(2,3)32-27(34)25(14-10-11-19-31-35-29(4,5)30(6,7)36-31)23-17-20-33(21-18-23)26-16-15-22-12-8-9-13-24(22)26/h8-9,12-13,23,25-26H,10-11,14-21H2,1-7H3,(H,32,34). The quantitative estimate of drug-likeness (QED) is 0.345. The Morgan fingerprint density at radius 3 is 2.33 bits per heavy atom. The molecule has 2 atom stereocenters. The van der Waals surface area contributed by atoms with E-state index in [1.54, 1.807) is 0 Å². The molecule has 2 aliphatic heterocycles. The van der Waals surface area contributed by atoms with Crippen LogP contribution in [0.1, 0.15) is 104 Å². The minimum absolute atomic E-state index is 0.0838. The number of carbonyl (C=O) groups is 1. The third-order valence-corrected chi connectivity index (χ3v) is 9.03. The highest BCUT2D eigenvalue weighted by molar-refractivity contribution is 6.45. The lowest BCUT2D eigenvalue weighted by Gasteiger charge is -2.39. The predicted molar refractivity (Wildman–Crippen MR) is 148 cm³/mol. The molecule has 36 heavy (non-hydrogen) atoms. The molecule has 5 nitrogen and oxygen atoms in total. The average Bonchev–Trinajstić information content (AvgIpc) is 3.30. The number of piperidine rings is 1. The summed E-state index contributed by atoms with van der Waals surface area (Å²) in [5.74, 6) is 0.778. The molecule has 0 radical (unpaired) electrons. The highest BCUT2D eigenvalue weighted by Crippen LogP contribution is 2.40. The summed E-state index contributed by atoms with van der Waals surface area (Å²) >= 11 is 0. The van der Waals surface area contributed by atoms with Crippen LogP contribution >= 0.6 is 0 Å². The number of hydrogen-bond acceptors (Lipinski definition) is 4. The van der Waals surface area contributed by atoms with Crippen molar-refractivity contribution in [3.63, 3.8) is 0 Å². The number of fused-ring (bicyclic) bond motifs is 1. The van der Waals surface area contributed by atoms with Crippen molar-refractivity contribution in [2.24, 2.45) is 11.8 Å². The van der Waals surface area contributed by atoms with Gasteiger partial charge in [-0.3, -0.25) is 9.69 Å². The Balaban J connectivity index is 1.31. The highest BCUT2D eigenvalue weighted by atomic mass is 16.7. The van der Waals surface area contributed by atoms with Crippen LogP contribution in [0.15, 0.2) is 24.3 Å². The Kier molecular flexibility index (Phi) is 8.29. The molecule has 0 bridgehead atoms. The summed E-state index contributed by atoms with van der Waals surface area (Å²) in [4.78, 5) is 16.1. The van der Waals surface area contributed by atoms with Gasteiger partial charge in [0.05, 0.1) is 11.2 Å². The maximum absolute atomic E-state index is 13.4. The fourth-order valence-electron chi connectivity index (χ4n) is 6.35. The third-order valence-electron chi connectivity index (χ3n) is 9.03. The smallest absolute Gasteiger partial charge is 0.403 e. The van der Waals surface area contributed by atoms with Crippen LogP contribution in [0.4, 0.5) is 0 Å². The first-order chi connectivity index (χ1) is 16.9. The van der Waals surface area contributed by atoms with Gasteiger partial charge in [-0.05, 0) is 117 Å². The van der Waals surface area contributed by atoms with Gasteiger partial charge in [-0.2, -0.15) is 0 Å². The number of carbonyl (C=O) groups excluding carboxylic acids is 1. The first-order valence-electron chi connectivity index (χ1n) is 14.4. The number of nitrogens with one attached hydrogen (secondary N) is 1. The number of amides is 1. The van der Waals surface area contributed by atoms with E-state index >= 15 is 0 Å². The zero-order valence-corrected chi connectivity index (χ0v) is 23.9. The first-order valence-corrected chi connectivity index (χ1v) is 14.4. The Morgan fingerprint density at radius 2 is 1.69 bits per heavy atom. The van der Waals surface area contributed by atoms with Crippen LogP contribution in [-0.2, 0) is 20.5 Å². The summed E-state index contributed by atoms with van der Waals surface area (Å²) in [6, 6.07) is 9.51. The monoisotopic (exact) mass is 496 g/mol. The van der Waals surface area contributed by atoms with E-state index in [0.717, 1.165) is 51.5 Å². The summed E-state index contributed by atoms with van der Waals surface area (Å²) in [7, 11) is -0.144. The fraction of sp³-hybridized carbons (Fsp3) is 0.767. The zero-order chi connectivity index (χ0) is 26.1. The van der Waals surface area contributed by atoms with Gasteiger partial charge in [0.25, 0.3) is 0 Å². The first kappa shape index (κ1) is 27.7. The summed E-state index contributed by atoms with van der Waals surface area (Å²) in [5, 5.41) is 3.30. The Bertz CT molecular complexity index is 886. The molecule has 1 aliphatic carbocycles. The average molecular weight is 497 g/mol. The lowest BCUT2D eigenvalue weighted by molar-refractivity contribution is -0.129. The number of hydrogen-bond donors (Lipinski definition) is 1. The molecule has 200 valence electrons. The van der Waals surface area contributed by atoms with E-state index in [2.05, 4.69) is 82.9 Å². The summed E-state index contributed by atoms with van der Waals surface area (Å²) in [5.41, 5.74) is 2.29. The molecule has 2 fully saturated rings. The van der Waals surface area contributed by atoms with Gasteiger partial charge in [-0.15, -0.1) is 0 Å². The third kappa shape index (κ3) is 6.36. The van der Waals surface area contributed by atoms with Crippen LogP contribution in [0, 0.1) is 11.8 Å². The molecule has 0 saturated carbocycles. The second-order valence-corrected chi connectivity index (χ2v) is 13.4. The van der Waals surface area contributed by atoms with E-state index in [-0.39, 0.29) is 35.7 Å². The molecule has 4 rings (SSSR count). The maximum Gasteiger partial charge on any atom is 0.457 e. The van der Waals surface area contributed by atoms with E-state index in [1.165, 1.54) is 24.0 Å². The Hall–Kier alpha value is -1.37. The molecule has 2 saturated heterocycles. The second-order valence-electron chi connectivity index (χ2n) is 13.4. The number of likely N-dealkylation sites (tertiary alicyclic amines) is 1. The van der Waals surface area contributed by atoms with Crippen LogP contribution in [-0.4, -0.2) is 47.8 Å². The van der Waals surface area contributed by atoms with Crippen molar-refractivity contribution >= 4 is 13.0 Å². The molecular formula is C30H49BN2O3. The normalized spacial score (nSPS) is 25.1. The molecule has 1 aromatic carbocycles. The van der Waals surface area contributed by atoms with Crippen LogP contribution in [0.3, 0.4) is 0 Å². The predicted octanol–water partition coefficient (Wildman–Crippen LogP) is 6.18. The van der Waals surface area contributed by atoms with E-state index in [0.29, 0.717) is 12.0 Å². The lowest BCUT2D eigenvalue weighted by Crippen LogP contribution is -2.47. The summed E-state index contributed by atoms with van der Waals surface area (Å²) in [6.07, 6.45) is 8.53. The molecule has 0 aromatic heterocycles. The minimum Gasteiger partial charge on any atom is -0.403 e. The van der Waals surface area contributed by atoms with E-state index < -0.39 is 0 Å². The molecule has 2 heterocycles. The topological polar surface area (TPSA) is 50.8 Å². The van der Waals surface area contributed by atoms with Crippen molar-refractivity contribution in [2.45, 2.75) is 123 Å². The summed E-state index contributed by atoms with van der Waals surface area (Å²) in [6.45, 7) is 16.9. The van der Waals surface area contributed by atoms with Crippen LogP contribution in [0.2, 0.25) is 6.32 Å². The summed E-state index contributed by atoms with van der Waals surface area (Å²) < 4.78 is 12.4. The molecule has 1 N–H and O–H groups in total. The number of unbranched alkanes of at least 4 members (excludes halogenated alkanes) is 1. The number of aryl methyl sites for hydroxylation is 1. The number of benzene rings is 1. The van der Waals surface area contributed by atoms with E-state index in [4.69, 9.17) is 9.31 Å². The van der Waals surface area contributed by atoms with Crippen molar-refractivity contribution in [3.8, 4) is 0 Å². The van der Waals surface area contributed by atoms with E-state index in [1.807, 2.05) is 0 Å². The largest absolute Gasteiger partial charge is 0.457 e. The van der Waals surface area contributed by atoms with Crippen LogP contribution in [0.25, 0.3) is 0 Å². The lowest BCUT2D eigenvalue weighted by atomic mass is 9.77. The van der Waals surface area contributed by atoms with E-state index in [9.17, 15) is 4.79 Å². The van der Waals surface area contributed by atoms with Gasteiger partial charge in [0.15, 0.2) is 0 Å². The van der Waals surface area contributed by atoms with Crippen LogP contribution < -0.4 is 5.32 Å². The van der Waals surface area contributed by atoms with Crippen molar-refractivity contribution in [2.75, 3.05) is 13.1 Å². The van der Waals surface area contributed by atoms with Gasteiger partial charge >= 0.3 is 7.12 Å². The van der Waals surface area contributed by atoms with Gasteiger partial charge in [-0.1, -0.05) is 37.1 Å². The Morgan fingerprint density at radius 1 is 1.06 bits per heavy atom. The molecule has 1 aromatic rings. The molecule has 2 unspecified atom stereocenters. The van der Waals surface area contributed by atoms with Crippen molar-refractivity contribution < 1.29 is 14.1 Å². The van der Waals surface area contributed by atoms with Gasteiger partial charge in [0.1, 0.15) is 0 Å².